The predicted octanol–water partition coefficient (Wildman–Crippen LogP) is 3.93. The van der Waals surface area contributed by atoms with Gasteiger partial charge < -0.3 is 10.0 Å². The molecule has 1 rings (SSSR count). The first-order valence-electron chi connectivity index (χ1n) is 6.91. The lowest BCUT2D eigenvalue weighted by atomic mass is 10.0. The van der Waals surface area contributed by atoms with Crippen LogP contribution in [0.1, 0.15) is 54.9 Å². The second-order valence-electron chi connectivity index (χ2n) is 4.95. The minimum absolute atomic E-state index is 0.181. The zero-order valence-electron chi connectivity index (χ0n) is 12.8. The molecule has 0 aliphatic carbocycles. The van der Waals surface area contributed by atoms with E-state index in [4.69, 9.17) is 0 Å². The van der Waals surface area contributed by atoms with Gasteiger partial charge in [0.1, 0.15) is 4.88 Å². The third-order valence-electron chi connectivity index (χ3n) is 3.60. The van der Waals surface area contributed by atoms with Gasteiger partial charge in [0, 0.05) is 18.8 Å². The standard InChI is InChI=1S/C14H24N2O2S2/c1-6-9(3)11-12(13(17)18)20-14(15-11)16(4)10(7-2)8-19-5/h9-10H,6-8H2,1-5H3,(H,17,18). The van der Waals surface area contributed by atoms with Gasteiger partial charge in [0.25, 0.3) is 0 Å². The molecule has 20 heavy (non-hydrogen) atoms. The molecule has 0 radical (unpaired) electrons. The number of aromatic carboxylic acids is 1. The Morgan fingerprint density at radius 3 is 2.55 bits per heavy atom. The van der Waals surface area contributed by atoms with E-state index in [9.17, 15) is 9.90 Å². The van der Waals surface area contributed by atoms with Gasteiger partial charge in [-0.05, 0) is 25.0 Å². The highest BCUT2D eigenvalue weighted by Gasteiger charge is 2.24. The number of thioether (sulfide) groups is 1. The van der Waals surface area contributed by atoms with Crippen LogP contribution >= 0.6 is 23.1 Å². The van der Waals surface area contributed by atoms with E-state index in [1.54, 1.807) is 11.8 Å². The van der Waals surface area contributed by atoms with Crippen molar-refractivity contribution < 1.29 is 9.90 Å². The van der Waals surface area contributed by atoms with Crippen molar-refractivity contribution in [2.24, 2.45) is 0 Å². The minimum atomic E-state index is -0.865. The van der Waals surface area contributed by atoms with Crippen molar-refractivity contribution in [1.82, 2.24) is 4.98 Å². The van der Waals surface area contributed by atoms with Crippen LogP contribution < -0.4 is 4.90 Å². The monoisotopic (exact) mass is 316 g/mol. The Labute approximate surface area is 129 Å². The van der Waals surface area contributed by atoms with E-state index in [0.717, 1.165) is 29.4 Å². The molecule has 2 unspecified atom stereocenters. The molecule has 1 N–H and O–H groups in total. The highest BCUT2D eigenvalue weighted by molar-refractivity contribution is 7.98. The first-order valence-corrected chi connectivity index (χ1v) is 9.12. The SMILES string of the molecule is CCC(C)c1nc(N(C)C(CC)CSC)sc1C(=O)O. The van der Waals surface area contributed by atoms with Crippen molar-refractivity contribution in [1.29, 1.82) is 0 Å². The van der Waals surface area contributed by atoms with Crippen molar-refractivity contribution in [3.8, 4) is 0 Å². The Bertz CT molecular complexity index is 448. The molecule has 0 aliphatic rings. The molecule has 0 bridgehead atoms. The van der Waals surface area contributed by atoms with Crippen LogP contribution in [0.15, 0.2) is 0 Å². The zero-order chi connectivity index (χ0) is 15.3. The number of hydrogen-bond donors (Lipinski definition) is 1. The molecular weight excluding hydrogens is 292 g/mol. The third-order valence-corrected chi connectivity index (χ3v) is 5.46. The van der Waals surface area contributed by atoms with E-state index >= 15 is 0 Å². The van der Waals surface area contributed by atoms with Crippen LogP contribution in [0.2, 0.25) is 0 Å². The van der Waals surface area contributed by atoms with Gasteiger partial charge >= 0.3 is 5.97 Å². The van der Waals surface area contributed by atoms with Crippen molar-refractivity contribution >= 4 is 34.2 Å². The summed E-state index contributed by atoms with van der Waals surface area (Å²) in [5.41, 5.74) is 0.728. The molecule has 6 heteroatoms. The Hall–Kier alpha value is -0.750. The Kier molecular flexibility index (Phi) is 6.82. The number of nitrogens with zero attached hydrogens (tertiary/aromatic N) is 2. The van der Waals surface area contributed by atoms with Gasteiger partial charge in [-0.15, -0.1) is 0 Å². The molecule has 0 fully saturated rings. The molecule has 2 atom stereocenters. The maximum atomic E-state index is 11.4. The van der Waals surface area contributed by atoms with Crippen LogP contribution in [0.5, 0.6) is 0 Å². The molecule has 0 aliphatic heterocycles. The molecule has 4 nitrogen and oxygen atoms in total. The average molecular weight is 316 g/mol. The number of aromatic nitrogens is 1. The van der Waals surface area contributed by atoms with Gasteiger partial charge in [-0.2, -0.15) is 11.8 Å². The van der Waals surface area contributed by atoms with Crippen LogP contribution in [-0.4, -0.2) is 41.2 Å². The summed E-state index contributed by atoms with van der Waals surface area (Å²) in [5, 5.41) is 10.2. The number of carboxylic acid groups (broad SMARTS) is 1. The maximum absolute atomic E-state index is 11.4. The number of carbonyl (C=O) groups is 1. The Morgan fingerprint density at radius 2 is 2.10 bits per heavy atom. The Balaban J connectivity index is 3.10. The summed E-state index contributed by atoms with van der Waals surface area (Å²) in [5.74, 6) is 0.337. The van der Waals surface area contributed by atoms with Gasteiger partial charge in [-0.1, -0.05) is 32.1 Å². The van der Waals surface area contributed by atoms with E-state index in [0.29, 0.717) is 10.9 Å². The van der Waals surface area contributed by atoms with Gasteiger partial charge in [0.05, 0.1) is 5.69 Å². The van der Waals surface area contributed by atoms with E-state index < -0.39 is 5.97 Å². The molecule has 0 spiro atoms. The molecule has 1 aromatic heterocycles. The number of anilines is 1. The molecule has 1 aromatic rings. The van der Waals surface area contributed by atoms with Crippen LogP contribution in [0.3, 0.4) is 0 Å². The summed E-state index contributed by atoms with van der Waals surface area (Å²) in [6, 6.07) is 0.391. The average Bonchev–Trinajstić information content (AvgIpc) is 2.88. The summed E-state index contributed by atoms with van der Waals surface area (Å²) in [6.45, 7) is 6.24. The molecule has 0 amide bonds. The molecule has 0 aromatic carbocycles. The van der Waals surface area contributed by atoms with E-state index in [2.05, 4.69) is 30.0 Å². The smallest absolute Gasteiger partial charge is 0.347 e. The fraction of sp³-hybridized carbons (Fsp3) is 0.714. The highest BCUT2D eigenvalue weighted by atomic mass is 32.2. The second-order valence-corrected chi connectivity index (χ2v) is 6.84. The van der Waals surface area contributed by atoms with Crippen LogP contribution in [0, 0.1) is 0 Å². The topological polar surface area (TPSA) is 53.4 Å². The van der Waals surface area contributed by atoms with Crippen molar-refractivity contribution in [2.45, 2.75) is 45.6 Å². The summed E-state index contributed by atoms with van der Waals surface area (Å²) in [6.07, 6.45) is 4.01. The van der Waals surface area contributed by atoms with E-state index in [1.807, 2.05) is 14.0 Å². The lowest BCUT2D eigenvalue weighted by Crippen LogP contribution is -2.33. The highest BCUT2D eigenvalue weighted by Crippen LogP contribution is 2.33. The van der Waals surface area contributed by atoms with E-state index in [-0.39, 0.29) is 5.92 Å². The number of thiazole rings is 1. The molecular formula is C14H24N2O2S2. The fourth-order valence-electron chi connectivity index (χ4n) is 2.00. The van der Waals surface area contributed by atoms with Crippen LogP contribution in [-0.2, 0) is 0 Å². The largest absolute Gasteiger partial charge is 0.477 e. The molecule has 114 valence electrons. The van der Waals surface area contributed by atoms with Crippen LogP contribution in [0.25, 0.3) is 0 Å². The van der Waals surface area contributed by atoms with Crippen molar-refractivity contribution in [3.05, 3.63) is 10.6 Å². The van der Waals surface area contributed by atoms with Crippen molar-refractivity contribution in [2.75, 3.05) is 24.0 Å². The summed E-state index contributed by atoms with van der Waals surface area (Å²) >= 11 is 3.10. The molecule has 0 saturated heterocycles. The summed E-state index contributed by atoms with van der Waals surface area (Å²) in [4.78, 5) is 18.5. The van der Waals surface area contributed by atoms with Gasteiger partial charge in [-0.3, -0.25) is 0 Å². The fourth-order valence-corrected chi connectivity index (χ4v) is 3.91. The lowest BCUT2D eigenvalue weighted by molar-refractivity contribution is 0.0700. The predicted molar refractivity (Wildman–Crippen MR) is 88.6 cm³/mol. The van der Waals surface area contributed by atoms with Crippen molar-refractivity contribution in [3.63, 3.8) is 0 Å². The van der Waals surface area contributed by atoms with E-state index in [1.165, 1.54) is 11.3 Å². The quantitative estimate of drug-likeness (QED) is 0.787. The Morgan fingerprint density at radius 1 is 1.45 bits per heavy atom. The molecule has 0 saturated carbocycles. The normalized spacial score (nSPS) is 14.1. The minimum Gasteiger partial charge on any atom is -0.477 e. The maximum Gasteiger partial charge on any atom is 0.347 e. The van der Waals surface area contributed by atoms with Crippen LogP contribution in [0.4, 0.5) is 5.13 Å². The number of rotatable bonds is 8. The summed E-state index contributed by atoms with van der Waals surface area (Å²) < 4.78 is 0. The summed E-state index contributed by atoms with van der Waals surface area (Å²) in [7, 11) is 2.01. The number of hydrogen-bond acceptors (Lipinski definition) is 5. The van der Waals surface area contributed by atoms with Gasteiger partial charge in [0.2, 0.25) is 0 Å². The first-order chi connectivity index (χ1) is 9.46. The lowest BCUT2D eigenvalue weighted by Gasteiger charge is -2.26. The second kappa shape index (κ2) is 7.88. The third kappa shape index (κ3) is 3.88. The van der Waals surface area contributed by atoms with Gasteiger partial charge in [0.15, 0.2) is 5.13 Å². The molecule has 1 heterocycles. The number of carboxylic acids is 1. The van der Waals surface area contributed by atoms with Gasteiger partial charge in [-0.25, -0.2) is 9.78 Å². The zero-order valence-corrected chi connectivity index (χ0v) is 14.5. The first kappa shape index (κ1) is 17.3.